The summed E-state index contributed by atoms with van der Waals surface area (Å²) in [6.07, 6.45) is 1.73. The van der Waals surface area contributed by atoms with Crippen LogP contribution in [0.1, 0.15) is 15.2 Å². The molecule has 1 aliphatic heterocycles. The summed E-state index contributed by atoms with van der Waals surface area (Å²) in [5, 5.41) is 0.673. The van der Waals surface area contributed by atoms with Gasteiger partial charge in [0.1, 0.15) is 10.6 Å². The lowest BCUT2D eigenvalue weighted by atomic mass is 10.2. The molecule has 0 bridgehead atoms. The van der Waals surface area contributed by atoms with Crippen LogP contribution in [-0.4, -0.2) is 19.3 Å². The van der Waals surface area contributed by atoms with Crippen LogP contribution in [0.15, 0.2) is 35.3 Å². The highest BCUT2D eigenvalue weighted by Gasteiger charge is 2.18. The number of fused-ring (bicyclic) bond motifs is 2. The summed E-state index contributed by atoms with van der Waals surface area (Å²) in [5.74, 6) is 0.941. The van der Waals surface area contributed by atoms with Crippen LogP contribution >= 0.6 is 11.3 Å². The standard InChI is InChI=1S/C13H9NO3S/c1-16-13(15)11-6-10-12(18-11)14-7-8-4-2-3-5-9(8)17-10/h2-7H,1H3. The first-order valence-electron chi connectivity index (χ1n) is 5.31. The van der Waals surface area contributed by atoms with Crippen molar-refractivity contribution in [2.24, 2.45) is 4.99 Å². The number of nitrogens with zero attached hydrogens (tertiary/aromatic N) is 1. The molecule has 2 heterocycles. The SMILES string of the molecule is COC(=O)c1cc2c(s1)N=Cc1ccccc1O2. The number of thiophene rings is 1. The largest absolute Gasteiger partial charge is 0.465 e. The predicted octanol–water partition coefficient (Wildman–Crippen LogP) is 3.39. The molecule has 0 aliphatic carbocycles. The van der Waals surface area contributed by atoms with E-state index in [9.17, 15) is 4.79 Å². The molecule has 0 unspecified atom stereocenters. The summed E-state index contributed by atoms with van der Waals surface area (Å²) < 4.78 is 10.4. The van der Waals surface area contributed by atoms with E-state index in [1.54, 1.807) is 12.3 Å². The van der Waals surface area contributed by atoms with Gasteiger partial charge >= 0.3 is 5.97 Å². The molecule has 0 N–H and O–H groups in total. The number of carbonyl (C=O) groups is 1. The van der Waals surface area contributed by atoms with Gasteiger partial charge in [0.2, 0.25) is 0 Å². The Morgan fingerprint density at radius 1 is 1.33 bits per heavy atom. The van der Waals surface area contributed by atoms with Crippen LogP contribution in [0.5, 0.6) is 11.5 Å². The van der Waals surface area contributed by atoms with E-state index in [2.05, 4.69) is 9.73 Å². The van der Waals surface area contributed by atoms with Crippen LogP contribution in [-0.2, 0) is 4.74 Å². The van der Waals surface area contributed by atoms with E-state index < -0.39 is 0 Å². The summed E-state index contributed by atoms with van der Waals surface area (Å²) in [7, 11) is 1.35. The highest BCUT2D eigenvalue weighted by Crippen LogP contribution is 2.42. The summed E-state index contributed by atoms with van der Waals surface area (Å²) >= 11 is 1.25. The fourth-order valence-corrected chi connectivity index (χ4v) is 2.50. The van der Waals surface area contributed by atoms with Crippen molar-refractivity contribution in [3.8, 4) is 11.5 Å². The molecule has 0 atom stereocenters. The number of aliphatic imine (C=N–C) groups is 1. The highest BCUT2D eigenvalue weighted by molar-refractivity contribution is 7.18. The van der Waals surface area contributed by atoms with E-state index >= 15 is 0 Å². The number of carbonyl (C=O) groups excluding carboxylic acids is 1. The lowest BCUT2D eigenvalue weighted by molar-refractivity contribution is 0.0606. The second-order valence-electron chi connectivity index (χ2n) is 3.67. The molecule has 3 rings (SSSR count). The lowest BCUT2D eigenvalue weighted by Crippen LogP contribution is -1.97. The smallest absolute Gasteiger partial charge is 0.348 e. The first-order valence-corrected chi connectivity index (χ1v) is 6.12. The van der Waals surface area contributed by atoms with Gasteiger partial charge in [0.25, 0.3) is 0 Å². The number of hydrogen-bond acceptors (Lipinski definition) is 5. The quantitative estimate of drug-likeness (QED) is 0.629. The van der Waals surface area contributed by atoms with Gasteiger partial charge in [-0.25, -0.2) is 9.79 Å². The van der Waals surface area contributed by atoms with Crippen LogP contribution in [0, 0.1) is 0 Å². The zero-order valence-electron chi connectivity index (χ0n) is 9.54. The number of ether oxygens (including phenoxy) is 2. The second-order valence-corrected chi connectivity index (χ2v) is 4.70. The molecule has 1 aromatic carbocycles. The van der Waals surface area contributed by atoms with E-state index in [1.807, 2.05) is 24.3 Å². The number of hydrogen-bond donors (Lipinski definition) is 0. The molecule has 18 heavy (non-hydrogen) atoms. The number of methoxy groups -OCH3 is 1. The minimum absolute atomic E-state index is 0.375. The number of esters is 1. The fourth-order valence-electron chi connectivity index (χ4n) is 1.66. The van der Waals surface area contributed by atoms with Gasteiger partial charge in [-0.05, 0) is 12.1 Å². The van der Waals surface area contributed by atoms with Gasteiger partial charge in [0, 0.05) is 17.8 Å². The van der Waals surface area contributed by atoms with Crippen LogP contribution in [0.3, 0.4) is 0 Å². The van der Waals surface area contributed by atoms with E-state index in [0.29, 0.717) is 15.6 Å². The first-order chi connectivity index (χ1) is 8.78. The molecule has 0 saturated heterocycles. The number of rotatable bonds is 1. The minimum atomic E-state index is -0.375. The van der Waals surface area contributed by atoms with Crippen molar-refractivity contribution in [2.45, 2.75) is 0 Å². The molecule has 0 radical (unpaired) electrons. The van der Waals surface area contributed by atoms with Crippen molar-refractivity contribution in [3.05, 3.63) is 40.8 Å². The van der Waals surface area contributed by atoms with Crippen molar-refractivity contribution in [1.82, 2.24) is 0 Å². The number of benzene rings is 1. The van der Waals surface area contributed by atoms with Crippen molar-refractivity contribution >= 4 is 28.5 Å². The van der Waals surface area contributed by atoms with Crippen molar-refractivity contribution in [2.75, 3.05) is 7.11 Å². The van der Waals surface area contributed by atoms with Gasteiger partial charge in [0.15, 0.2) is 10.8 Å². The predicted molar refractivity (Wildman–Crippen MR) is 69.4 cm³/mol. The highest BCUT2D eigenvalue weighted by atomic mass is 32.1. The van der Waals surface area contributed by atoms with Crippen LogP contribution in [0.2, 0.25) is 0 Å². The zero-order valence-corrected chi connectivity index (χ0v) is 10.4. The molecule has 1 aromatic heterocycles. The summed E-state index contributed by atoms with van der Waals surface area (Å²) in [4.78, 5) is 16.3. The first kappa shape index (κ1) is 11.0. The van der Waals surface area contributed by atoms with Crippen LogP contribution < -0.4 is 4.74 Å². The zero-order chi connectivity index (χ0) is 12.5. The molecule has 0 spiro atoms. The van der Waals surface area contributed by atoms with Gasteiger partial charge in [-0.1, -0.05) is 12.1 Å². The number of para-hydroxylation sites is 1. The molecule has 90 valence electrons. The Balaban J connectivity index is 2.05. The summed E-state index contributed by atoms with van der Waals surface area (Å²) in [5.41, 5.74) is 0.917. The van der Waals surface area contributed by atoms with E-state index in [4.69, 9.17) is 4.74 Å². The third-order valence-corrected chi connectivity index (χ3v) is 3.53. The molecule has 0 amide bonds. The van der Waals surface area contributed by atoms with Gasteiger partial charge in [-0.3, -0.25) is 0 Å². The van der Waals surface area contributed by atoms with Gasteiger partial charge in [-0.2, -0.15) is 0 Å². The van der Waals surface area contributed by atoms with E-state index in [-0.39, 0.29) is 5.97 Å². The maximum atomic E-state index is 11.4. The topological polar surface area (TPSA) is 47.9 Å². The van der Waals surface area contributed by atoms with Crippen molar-refractivity contribution < 1.29 is 14.3 Å². The van der Waals surface area contributed by atoms with Gasteiger partial charge in [-0.15, -0.1) is 11.3 Å². The van der Waals surface area contributed by atoms with Crippen LogP contribution in [0.25, 0.3) is 0 Å². The molecule has 5 heteroatoms. The van der Waals surface area contributed by atoms with Crippen molar-refractivity contribution in [1.29, 1.82) is 0 Å². The van der Waals surface area contributed by atoms with E-state index in [1.165, 1.54) is 18.4 Å². The molecular weight excluding hydrogens is 250 g/mol. The maximum Gasteiger partial charge on any atom is 0.348 e. The second kappa shape index (κ2) is 4.27. The maximum absolute atomic E-state index is 11.4. The average Bonchev–Trinajstić information content (AvgIpc) is 2.72. The summed E-state index contributed by atoms with van der Waals surface area (Å²) in [6, 6.07) is 9.27. The Bertz CT molecular complexity index is 645. The van der Waals surface area contributed by atoms with Crippen molar-refractivity contribution in [3.63, 3.8) is 0 Å². The van der Waals surface area contributed by atoms with Gasteiger partial charge in [0.05, 0.1) is 7.11 Å². The Morgan fingerprint density at radius 2 is 2.17 bits per heavy atom. The molecule has 2 aromatic rings. The lowest BCUT2D eigenvalue weighted by Gasteiger charge is -2.03. The average molecular weight is 259 g/mol. The Hall–Kier alpha value is -2.14. The monoisotopic (exact) mass is 259 g/mol. The normalized spacial score (nSPS) is 12.1. The molecule has 4 nitrogen and oxygen atoms in total. The molecule has 0 fully saturated rings. The van der Waals surface area contributed by atoms with Crippen LogP contribution in [0.4, 0.5) is 5.00 Å². The van der Waals surface area contributed by atoms with Gasteiger partial charge < -0.3 is 9.47 Å². The minimum Gasteiger partial charge on any atom is -0.465 e. The Kier molecular flexibility index (Phi) is 2.60. The van der Waals surface area contributed by atoms with E-state index in [0.717, 1.165) is 11.3 Å². The fraction of sp³-hybridized carbons (Fsp3) is 0.0769. The molecule has 0 saturated carbocycles. The molecule has 1 aliphatic rings. The third kappa shape index (κ3) is 1.78. The molecular formula is C13H9NO3S. The third-order valence-electron chi connectivity index (χ3n) is 2.53. The Morgan fingerprint density at radius 3 is 3.00 bits per heavy atom. The summed E-state index contributed by atoms with van der Waals surface area (Å²) in [6.45, 7) is 0. The Labute approximate surface area is 108 Å².